The molecule has 0 fully saturated rings. The van der Waals surface area contributed by atoms with Gasteiger partial charge in [-0.25, -0.2) is 4.79 Å². The van der Waals surface area contributed by atoms with Crippen LogP contribution in [0.5, 0.6) is 5.88 Å². The second-order valence-electron chi connectivity index (χ2n) is 5.53. The summed E-state index contributed by atoms with van der Waals surface area (Å²) in [4.78, 5) is 41.6. The Balaban J connectivity index is 2.00. The molecule has 0 radical (unpaired) electrons. The largest absolute Gasteiger partial charge is 0.494 e. The van der Waals surface area contributed by atoms with Crippen molar-refractivity contribution >= 4 is 17.7 Å². The molecule has 8 heteroatoms. The van der Waals surface area contributed by atoms with Gasteiger partial charge in [0.2, 0.25) is 5.88 Å². The Kier molecular flexibility index (Phi) is 4.66. The fourth-order valence-corrected chi connectivity index (χ4v) is 2.34. The van der Waals surface area contributed by atoms with E-state index in [-0.39, 0.29) is 17.9 Å². The fraction of sp³-hybridized carbons (Fsp3) is 0.111. The van der Waals surface area contributed by atoms with Crippen molar-refractivity contribution in [2.24, 2.45) is 4.99 Å². The minimum absolute atomic E-state index is 0.0465. The maximum Gasteiger partial charge on any atom is 0.331 e. The number of nitrogens with zero attached hydrogens (tertiary/aromatic N) is 2. The zero-order chi connectivity index (χ0) is 18.7. The quantitative estimate of drug-likeness (QED) is 0.536. The molecule has 2 heterocycles. The van der Waals surface area contributed by atoms with Gasteiger partial charge in [0, 0.05) is 11.8 Å². The van der Waals surface area contributed by atoms with E-state index in [2.05, 4.69) is 9.98 Å². The average molecular weight is 353 g/mol. The fourth-order valence-electron chi connectivity index (χ4n) is 2.34. The molecule has 0 amide bonds. The van der Waals surface area contributed by atoms with Crippen molar-refractivity contribution in [2.75, 3.05) is 0 Å². The van der Waals surface area contributed by atoms with Gasteiger partial charge in [-0.2, -0.15) is 0 Å². The smallest absolute Gasteiger partial charge is 0.331 e. The molecule has 132 valence electrons. The summed E-state index contributed by atoms with van der Waals surface area (Å²) in [6.45, 7) is 1.39. The zero-order valence-electron chi connectivity index (χ0n) is 13.8. The number of ketones is 1. The van der Waals surface area contributed by atoms with Crippen LogP contribution in [0.2, 0.25) is 0 Å². The summed E-state index contributed by atoms with van der Waals surface area (Å²) < 4.78 is 6.12. The molecule has 0 saturated heterocycles. The van der Waals surface area contributed by atoms with Gasteiger partial charge in [-0.15, -0.1) is 0 Å². The van der Waals surface area contributed by atoms with Gasteiger partial charge < -0.3 is 9.52 Å². The number of nitrogens with one attached hydrogen (secondary N) is 1. The molecule has 0 aliphatic heterocycles. The van der Waals surface area contributed by atoms with E-state index in [0.29, 0.717) is 17.0 Å². The van der Waals surface area contributed by atoms with Gasteiger partial charge in [0.15, 0.2) is 5.78 Å². The Morgan fingerprint density at radius 3 is 2.81 bits per heavy atom. The van der Waals surface area contributed by atoms with Crippen LogP contribution >= 0.6 is 0 Å². The van der Waals surface area contributed by atoms with Crippen molar-refractivity contribution in [1.82, 2.24) is 9.55 Å². The number of hydrogen-bond acceptors (Lipinski definition) is 6. The van der Waals surface area contributed by atoms with Crippen LogP contribution < -0.4 is 11.2 Å². The lowest BCUT2D eigenvalue weighted by Gasteiger charge is -2.07. The van der Waals surface area contributed by atoms with Crippen molar-refractivity contribution in [3.63, 3.8) is 0 Å². The van der Waals surface area contributed by atoms with Gasteiger partial charge in [-0.3, -0.25) is 24.1 Å². The average Bonchev–Trinajstić information content (AvgIpc) is 3.12. The van der Waals surface area contributed by atoms with Crippen LogP contribution in [0.4, 0.5) is 5.69 Å². The van der Waals surface area contributed by atoms with Crippen LogP contribution in [-0.2, 0) is 6.54 Å². The molecule has 3 rings (SSSR count). The SMILES string of the molecule is CC(=O)c1cccc(N=Cc2c(O)n(Cc3ccco3)c(=O)[nH]c2=O)c1. The number of furan rings is 1. The van der Waals surface area contributed by atoms with Crippen LogP contribution in [0.25, 0.3) is 0 Å². The minimum Gasteiger partial charge on any atom is -0.494 e. The topological polar surface area (TPSA) is 118 Å². The molecule has 0 spiro atoms. The molecule has 8 nitrogen and oxygen atoms in total. The van der Waals surface area contributed by atoms with E-state index in [1.807, 2.05) is 0 Å². The van der Waals surface area contributed by atoms with Crippen LogP contribution in [0.15, 0.2) is 61.7 Å². The van der Waals surface area contributed by atoms with E-state index in [9.17, 15) is 19.5 Å². The van der Waals surface area contributed by atoms with E-state index in [1.54, 1.807) is 36.4 Å². The molecule has 0 saturated carbocycles. The van der Waals surface area contributed by atoms with E-state index in [0.717, 1.165) is 10.8 Å². The van der Waals surface area contributed by atoms with Gasteiger partial charge >= 0.3 is 5.69 Å². The van der Waals surface area contributed by atoms with Crippen LogP contribution in [0.1, 0.15) is 28.6 Å². The van der Waals surface area contributed by atoms with Gasteiger partial charge in [-0.05, 0) is 31.2 Å². The van der Waals surface area contributed by atoms with E-state index >= 15 is 0 Å². The normalized spacial score (nSPS) is 11.1. The first-order valence-electron chi connectivity index (χ1n) is 7.69. The van der Waals surface area contributed by atoms with Gasteiger partial charge in [0.05, 0.1) is 18.5 Å². The Bertz CT molecular complexity index is 1090. The number of hydrogen-bond donors (Lipinski definition) is 2. The lowest BCUT2D eigenvalue weighted by molar-refractivity contribution is 0.101. The number of aromatic hydroxyl groups is 1. The summed E-state index contributed by atoms with van der Waals surface area (Å²) in [5.41, 5.74) is -0.806. The highest BCUT2D eigenvalue weighted by Gasteiger charge is 2.14. The van der Waals surface area contributed by atoms with Crippen molar-refractivity contribution in [2.45, 2.75) is 13.5 Å². The molecular weight excluding hydrogens is 338 g/mol. The predicted octanol–water partition coefficient (Wildman–Crippen LogP) is 1.84. The van der Waals surface area contributed by atoms with Crippen molar-refractivity contribution in [1.29, 1.82) is 0 Å². The highest BCUT2D eigenvalue weighted by molar-refractivity contribution is 5.95. The number of benzene rings is 1. The highest BCUT2D eigenvalue weighted by Crippen LogP contribution is 2.16. The van der Waals surface area contributed by atoms with Crippen molar-refractivity contribution in [3.05, 3.63) is 80.4 Å². The predicted molar refractivity (Wildman–Crippen MR) is 94.5 cm³/mol. The molecule has 0 atom stereocenters. The van der Waals surface area contributed by atoms with E-state index in [1.165, 1.54) is 13.2 Å². The van der Waals surface area contributed by atoms with Crippen LogP contribution in [0, 0.1) is 0 Å². The lowest BCUT2D eigenvalue weighted by Crippen LogP contribution is -2.32. The first-order valence-corrected chi connectivity index (χ1v) is 7.69. The molecule has 0 aliphatic rings. The number of carbonyl (C=O) groups is 1. The summed E-state index contributed by atoms with van der Waals surface area (Å²) >= 11 is 0. The third-order valence-electron chi connectivity index (χ3n) is 3.70. The second-order valence-corrected chi connectivity index (χ2v) is 5.53. The first kappa shape index (κ1) is 17.2. The molecule has 0 bridgehead atoms. The minimum atomic E-state index is -0.769. The monoisotopic (exact) mass is 353 g/mol. The van der Waals surface area contributed by atoms with Gasteiger partial charge in [0.1, 0.15) is 11.3 Å². The van der Waals surface area contributed by atoms with Crippen molar-refractivity contribution in [3.8, 4) is 5.88 Å². The Morgan fingerprint density at radius 2 is 2.12 bits per heavy atom. The molecule has 2 aromatic heterocycles. The summed E-state index contributed by atoms with van der Waals surface area (Å²) in [5, 5.41) is 10.3. The summed E-state index contributed by atoms with van der Waals surface area (Å²) in [7, 11) is 0. The Hall–Kier alpha value is -3.68. The number of aromatic amines is 1. The molecule has 1 aromatic carbocycles. The van der Waals surface area contributed by atoms with Crippen LogP contribution in [0.3, 0.4) is 0 Å². The molecule has 0 aliphatic carbocycles. The molecule has 0 unspecified atom stereocenters. The molecule has 2 N–H and O–H groups in total. The summed E-state index contributed by atoms with van der Waals surface area (Å²) in [5.74, 6) is -0.206. The Labute approximate surface area is 147 Å². The molecule has 26 heavy (non-hydrogen) atoms. The third-order valence-corrected chi connectivity index (χ3v) is 3.70. The van der Waals surface area contributed by atoms with Gasteiger partial charge in [0.25, 0.3) is 5.56 Å². The number of Topliss-reactive ketones (excluding diaryl/α,β-unsaturated/α-hetero) is 1. The summed E-state index contributed by atoms with van der Waals surface area (Å²) in [6.07, 6.45) is 2.58. The van der Waals surface area contributed by atoms with E-state index < -0.39 is 17.1 Å². The Morgan fingerprint density at radius 1 is 1.31 bits per heavy atom. The second kappa shape index (κ2) is 7.06. The third kappa shape index (κ3) is 3.54. The lowest BCUT2D eigenvalue weighted by atomic mass is 10.1. The molecular formula is C18H15N3O5. The van der Waals surface area contributed by atoms with Gasteiger partial charge in [-0.1, -0.05) is 12.1 Å². The number of aliphatic imine (C=N–C) groups is 1. The maximum atomic E-state index is 12.0. The number of rotatable bonds is 5. The summed E-state index contributed by atoms with van der Waals surface area (Å²) in [6, 6.07) is 9.79. The van der Waals surface area contributed by atoms with E-state index in [4.69, 9.17) is 4.42 Å². The van der Waals surface area contributed by atoms with Crippen LogP contribution in [-0.4, -0.2) is 26.7 Å². The standard InChI is InChI=1S/C18H15N3O5/c1-11(22)12-4-2-5-13(8-12)19-9-15-16(23)20-18(25)21(17(15)24)10-14-6-3-7-26-14/h2-9,24H,10H2,1H3,(H,20,23,25). The number of aromatic nitrogens is 2. The zero-order valence-corrected chi connectivity index (χ0v) is 13.8. The number of carbonyl (C=O) groups excluding carboxylic acids is 1. The molecule has 3 aromatic rings. The maximum absolute atomic E-state index is 12.0. The number of H-pyrrole nitrogens is 1. The highest BCUT2D eigenvalue weighted by atomic mass is 16.3. The van der Waals surface area contributed by atoms with Crippen molar-refractivity contribution < 1.29 is 14.3 Å². The first-order chi connectivity index (χ1) is 12.5.